The van der Waals surface area contributed by atoms with Gasteiger partial charge in [0, 0.05) is 6.92 Å². The summed E-state index contributed by atoms with van der Waals surface area (Å²) in [5, 5.41) is 2.53. The summed E-state index contributed by atoms with van der Waals surface area (Å²) in [7, 11) is 0. The van der Waals surface area contributed by atoms with Crippen LogP contribution in [0.3, 0.4) is 0 Å². The summed E-state index contributed by atoms with van der Waals surface area (Å²) in [6.07, 6.45) is 2.26. The molecule has 4 nitrogen and oxygen atoms in total. The van der Waals surface area contributed by atoms with Gasteiger partial charge in [0.05, 0.1) is 6.61 Å². The molecule has 0 aromatic carbocycles. The van der Waals surface area contributed by atoms with Crippen molar-refractivity contribution in [3.63, 3.8) is 0 Å². The Bertz CT molecular complexity index is 228. The van der Waals surface area contributed by atoms with E-state index in [2.05, 4.69) is 27.9 Å². The lowest BCUT2D eigenvalue weighted by Crippen LogP contribution is -2.40. The Balaban J connectivity index is 4.21. The van der Waals surface area contributed by atoms with E-state index < -0.39 is 12.0 Å². The molecule has 0 saturated carbocycles. The first-order valence-corrected chi connectivity index (χ1v) is 5.55. The van der Waals surface area contributed by atoms with E-state index in [4.69, 9.17) is 4.74 Å². The van der Waals surface area contributed by atoms with E-state index in [0.717, 1.165) is 0 Å². The number of carbonyl (C=O) groups is 2. The highest BCUT2D eigenvalue weighted by Gasteiger charge is 2.18. The quantitative estimate of drug-likeness (QED) is 0.617. The first-order chi connectivity index (χ1) is 6.61. The summed E-state index contributed by atoms with van der Waals surface area (Å²) in [6, 6.07) is -0.571. The number of hydrogen-bond acceptors (Lipinski definition) is 3. The van der Waals surface area contributed by atoms with Crippen LogP contribution in [-0.2, 0) is 14.3 Å². The van der Waals surface area contributed by atoms with E-state index in [1.165, 1.54) is 6.92 Å². The molecule has 0 radical (unpaired) electrons. The summed E-state index contributed by atoms with van der Waals surface area (Å²) < 4.78 is 6.61. The fraction of sp³-hybridized carbons (Fsp3) is 0.556. The van der Waals surface area contributed by atoms with Crippen molar-refractivity contribution in [1.82, 2.24) is 5.32 Å². The first kappa shape index (κ1) is 13.4. The lowest BCUT2D eigenvalue weighted by atomic mass is 10.2. The lowest BCUT2D eigenvalue weighted by molar-refractivity contribution is -0.147. The van der Waals surface area contributed by atoms with Crippen LogP contribution in [0.5, 0.6) is 0 Å². The van der Waals surface area contributed by atoms with Crippen LogP contribution in [0.2, 0.25) is 0 Å². The maximum atomic E-state index is 11.3. The van der Waals surface area contributed by atoms with Crippen molar-refractivity contribution in [2.45, 2.75) is 26.3 Å². The molecule has 0 aliphatic carbocycles. The van der Waals surface area contributed by atoms with E-state index in [9.17, 15) is 9.59 Å². The van der Waals surface area contributed by atoms with E-state index in [-0.39, 0.29) is 5.91 Å². The zero-order valence-electron chi connectivity index (χ0n) is 8.25. The van der Waals surface area contributed by atoms with Crippen LogP contribution in [0, 0.1) is 0 Å². The molecule has 0 saturated heterocycles. The smallest absolute Gasteiger partial charge is 0.328 e. The average Bonchev–Trinajstić information content (AvgIpc) is 2.12. The maximum Gasteiger partial charge on any atom is 0.328 e. The maximum absolute atomic E-state index is 11.3. The van der Waals surface area contributed by atoms with Crippen molar-refractivity contribution in [3.8, 4) is 0 Å². The molecule has 14 heavy (non-hydrogen) atoms. The van der Waals surface area contributed by atoms with Gasteiger partial charge >= 0.3 is 5.97 Å². The Morgan fingerprint density at radius 1 is 1.57 bits per heavy atom. The van der Waals surface area contributed by atoms with E-state index in [0.29, 0.717) is 13.0 Å². The molecule has 0 aliphatic rings. The molecular weight excluding hydrogens is 297 g/mol. The Kier molecular flexibility index (Phi) is 7.45. The molecular formula is C9H14INO3. The Morgan fingerprint density at radius 3 is 2.64 bits per heavy atom. The van der Waals surface area contributed by atoms with Gasteiger partial charge in [0.15, 0.2) is 0 Å². The lowest BCUT2D eigenvalue weighted by Gasteiger charge is -2.13. The summed E-state index contributed by atoms with van der Waals surface area (Å²) in [6.45, 7) is 3.43. The van der Waals surface area contributed by atoms with Crippen LogP contribution >= 0.6 is 22.6 Å². The van der Waals surface area contributed by atoms with Crippen LogP contribution in [0.1, 0.15) is 20.3 Å². The molecule has 1 amide bonds. The monoisotopic (exact) mass is 311 g/mol. The molecule has 80 valence electrons. The minimum Gasteiger partial charge on any atom is -0.464 e. The molecule has 0 fully saturated rings. The number of hydrogen-bond donors (Lipinski definition) is 1. The number of ether oxygens (including phenoxy) is 1. The van der Waals surface area contributed by atoms with Crippen molar-refractivity contribution in [2.24, 2.45) is 0 Å². The van der Waals surface area contributed by atoms with Gasteiger partial charge in [-0.3, -0.25) is 4.79 Å². The fourth-order valence-corrected chi connectivity index (χ4v) is 1.18. The largest absolute Gasteiger partial charge is 0.464 e. The standard InChI is InChI=1S/C9H14INO3/c1-3-14-9(13)8(5-4-6-10)11-7(2)12/h4,6,8H,3,5H2,1-2H3,(H,11,12)/b6-4+. The predicted octanol–water partition coefficient (Wildman–Crippen LogP) is 1.39. The Labute approximate surface area is 97.2 Å². The highest BCUT2D eigenvalue weighted by molar-refractivity contribution is 14.1. The predicted molar refractivity (Wildman–Crippen MR) is 62.0 cm³/mol. The molecule has 0 aliphatic heterocycles. The SMILES string of the molecule is CCOC(=O)C(C/C=C/I)NC(C)=O. The van der Waals surface area contributed by atoms with E-state index in [1.54, 1.807) is 17.1 Å². The molecule has 1 N–H and O–H groups in total. The summed E-state index contributed by atoms with van der Waals surface area (Å²) in [4.78, 5) is 22.1. The fourth-order valence-electron chi connectivity index (χ4n) is 0.890. The zero-order valence-corrected chi connectivity index (χ0v) is 10.4. The normalized spacial score (nSPS) is 12.5. The van der Waals surface area contributed by atoms with Crippen molar-refractivity contribution in [1.29, 1.82) is 0 Å². The highest BCUT2D eigenvalue weighted by Crippen LogP contribution is 1.99. The van der Waals surface area contributed by atoms with Crippen LogP contribution in [0.25, 0.3) is 0 Å². The summed E-state index contributed by atoms with van der Waals surface area (Å²) in [5.74, 6) is -0.623. The molecule has 0 heterocycles. The second-order valence-electron chi connectivity index (χ2n) is 2.60. The van der Waals surface area contributed by atoms with Gasteiger partial charge in [-0.05, 0) is 17.4 Å². The molecule has 0 spiro atoms. The van der Waals surface area contributed by atoms with E-state index in [1.807, 2.05) is 0 Å². The molecule has 0 bridgehead atoms. The number of rotatable bonds is 5. The number of carbonyl (C=O) groups excluding carboxylic acids is 2. The average molecular weight is 311 g/mol. The molecule has 0 rings (SSSR count). The highest BCUT2D eigenvalue weighted by atomic mass is 127. The Morgan fingerprint density at radius 2 is 2.21 bits per heavy atom. The van der Waals surface area contributed by atoms with Gasteiger partial charge in [0.2, 0.25) is 5.91 Å². The number of halogens is 1. The Hall–Kier alpha value is -0.590. The van der Waals surface area contributed by atoms with Crippen LogP contribution in [0.15, 0.2) is 10.2 Å². The third-order valence-corrected chi connectivity index (χ3v) is 1.92. The third kappa shape index (κ3) is 5.95. The van der Waals surface area contributed by atoms with Crippen LogP contribution in [0.4, 0.5) is 0 Å². The van der Waals surface area contributed by atoms with Gasteiger partial charge < -0.3 is 10.1 Å². The number of esters is 1. The molecule has 0 aromatic rings. The van der Waals surface area contributed by atoms with Gasteiger partial charge in [-0.2, -0.15) is 0 Å². The van der Waals surface area contributed by atoms with Crippen molar-refractivity contribution in [2.75, 3.05) is 6.61 Å². The van der Waals surface area contributed by atoms with Crippen LogP contribution in [-0.4, -0.2) is 24.5 Å². The molecule has 0 aromatic heterocycles. The molecule has 1 unspecified atom stereocenters. The number of nitrogens with one attached hydrogen (secondary N) is 1. The van der Waals surface area contributed by atoms with Crippen molar-refractivity contribution >= 4 is 34.5 Å². The second kappa shape index (κ2) is 7.78. The van der Waals surface area contributed by atoms with Gasteiger partial charge in [-0.25, -0.2) is 4.79 Å². The van der Waals surface area contributed by atoms with Crippen LogP contribution < -0.4 is 5.32 Å². The zero-order chi connectivity index (χ0) is 11.0. The number of amides is 1. The van der Waals surface area contributed by atoms with E-state index >= 15 is 0 Å². The summed E-state index contributed by atoms with van der Waals surface area (Å²) >= 11 is 2.05. The van der Waals surface area contributed by atoms with Gasteiger partial charge in [0.25, 0.3) is 0 Å². The van der Waals surface area contributed by atoms with Gasteiger partial charge in [0.1, 0.15) is 6.04 Å². The minimum atomic E-state index is -0.571. The third-order valence-electron chi connectivity index (χ3n) is 1.41. The van der Waals surface area contributed by atoms with Gasteiger partial charge in [-0.1, -0.05) is 28.7 Å². The van der Waals surface area contributed by atoms with Crippen molar-refractivity contribution in [3.05, 3.63) is 10.2 Å². The van der Waals surface area contributed by atoms with Crippen molar-refractivity contribution < 1.29 is 14.3 Å². The summed E-state index contributed by atoms with van der Waals surface area (Å²) in [5.41, 5.74) is 0. The topological polar surface area (TPSA) is 55.4 Å². The minimum absolute atomic E-state index is 0.232. The van der Waals surface area contributed by atoms with Gasteiger partial charge in [-0.15, -0.1) is 0 Å². The molecule has 5 heteroatoms. The molecule has 1 atom stereocenters. The first-order valence-electron chi connectivity index (χ1n) is 4.30. The second-order valence-corrected chi connectivity index (χ2v) is 3.32.